The summed E-state index contributed by atoms with van der Waals surface area (Å²) >= 11 is 15.8. The van der Waals surface area contributed by atoms with Crippen LogP contribution in [0.1, 0.15) is 5.82 Å². The summed E-state index contributed by atoms with van der Waals surface area (Å²) in [6.45, 7) is 0. The van der Waals surface area contributed by atoms with E-state index in [1.165, 1.54) is 0 Å². The highest BCUT2D eigenvalue weighted by molar-refractivity contribution is 9.10. The first-order valence-electron chi connectivity index (χ1n) is 6.21. The summed E-state index contributed by atoms with van der Waals surface area (Å²) in [4.78, 5) is 4.57. The van der Waals surface area contributed by atoms with Gasteiger partial charge in [0, 0.05) is 6.07 Å². The molecule has 1 heterocycles. The van der Waals surface area contributed by atoms with E-state index in [1.54, 1.807) is 7.11 Å². The summed E-state index contributed by atoms with van der Waals surface area (Å²) in [6, 6.07) is 11.4. The second-order valence-electron chi connectivity index (χ2n) is 4.42. The molecule has 0 unspecified atom stereocenters. The Bertz CT molecular complexity index is 817. The summed E-state index contributed by atoms with van der Waals surface area (Å²) in [5.74, 6) is 1.82. The van der Waals surface area contributed by atoms with E-state index >= 15 is 0 Å². The lowest BCUT2D eigenvalue weighted by Crippen LogP contribution is -2.00. The quantitative estimate of drug-likeness (QED) is 0.580. The van der Waals surface area contributed by atoms with Crippen LogP contribution in [0.4, 0.5) is 0 Å². The zero-order valence-electron chi connectivity index (χ0n) is 11.1. The highest BCUT2D eigenvalue weighted by atomic mass is 79.9. The number of ether oxygens (including phenoxy) is 1. The number of hydrogen-bond donors (Lipinski definition) is 0. The first-order chi connectivity index (χ1) is 10.2. The molecular weight excluding hydrogens is 375 g/mol. The van der Waals surface area contributed by atoms with Gasteiger partial charge in [-0.3, -0.25) is 4.57 Å². The van der Waals surface area contributed by atoms with Gasteiger partial charge >= 0.3 is 0 Å². The lowest BCUT2D eigenvalue weighted by Gasteiger charge is -2.11. The van der Waals surface area contributed by atoms with E-state index in [-0.39, 0.29) is 0 Å². The van der Waals surface area contributed by atoms with Crippen LogP contribution in [0.5, 0.6) is 5.75 Å². The smallest absolute Gasteiger partial charge is 0.129 e. The number of imidazole rings is 1. The third-order valence-corrected chi connectivity index (χ3v) is 4.84. The number of aromatic nitrogens is 2. The number of methoxy groups -OCH3 is 1. The van der Waals surface area contributed by atoms with E-state index in [1.807, 2.05) is 41.0 Å². The molecule has 0 bridgehead atoms. The predicted octanol–water partition coefficient (Wildman–Crippen LogP) is 5.19. The maximum Gasteiger partial charge on any atom is 0.129 e. The number of fused-ring (bicyclic) bond motifs is 1. The van der Waals surface area contributed by atoms with Crippen molar-refractivity contribution in [2.75, 3.05) is 7.11 Å². The molecule has 0 radical (unpaired) electrons. The van der Waals surface area contributed by atoms with E-state index < -0.39 is 0 Å². The summed E-state index contributed by atoms with van der Waals surface area (Å²) in [5.41, 5.74) is 2.68. The zero-order valence-corrected chi connectivity index (χ0v) is 14.2. The average molecular weight is 386 g/mol. The molecule has 6 heteroatoms. The van der Waals surface area contributed by atoms with E-state index in [2.05, 4.69) is 20.9 Å². The van der Waals surface area contributed by atoms with Crippen LogP contribution in [0.15, 0.2) is 40.9 Å². The van der Waals surface area contributed by atoms with Gasteiger partial charge in [-0.05, 0) is 40.2 Å². The van der Waals surface area contributed by atoms with Gasteiger partial charge in [0.05, 0.1) is 39.2 Å². The molecule has 0 saturated carbocycles. The van der Waals surface area contributed by atoms with Gasteiger partial charge in [-0.1, -0.05) is 17.7 Å². The molecule has 108 valence electrons. The average Bonchev–Trinajstić information content (AvgIpc) is 2.87. The monoisotopic (exact) mass is 384 g/mol. The van der Waals surface area contributed by atoms with Gasteiger partial charge < -0.3 is 4.74 Å². The molecule has 2 aromatic carbocycles. The van der Waals surface area contributed by atoms with Crippen LogP contribution in [0, 0.1) is 0 Å². The van der Waals surface area contributed by atoms with Crippen LogP contribution in [0.3, 0.4) is 0 Å². The summed E-state index contributed by atoms with van der Waals surface area (Å²) in [5, 5.41) is 0.637. The lowest BCUT2D eigenvalue weighted by molar-refractivity contribution is 0.415. The number of hydrogen-bond acceptors (Lipinski definition) is 2. The van der Waals surface area contributed by atoms with Crippen molar-refractivity contribution in [3.63, 3.8) is 0 Å². The molecule has 0 amide bonds. The van der Waals surface area contributed by atoms with Crippen molar-refractivity contribution >= 4 is 50.2 Å². The number of benzene rings is 2. The van der Waals surface area contributed by atoms with Gasteiger partial charge in [0.2, 0.25) is 0 Å². The van der Waals surface area contributed by atoms with E-state index in [0.717, 1.165) is 32.8 Å². The fraction of sp³-hybridized carbons (Fsp3) is 0.133. The number of alkyl halides is 1. The van der Waals surface area contributed by atoms with Gasteiger partial charge in [-0.2, -0.15) is 0 Å². The zero-order chi connectivity index (χ0) is 15.0. The molecule has 0 atom stereocenters. The van der Waals surface area contributed by atoms with Crippen molar-refractivity contribution in [3.05, 3.63) is 51.7 Å². The fourth-order valence-electron chi connectivity index (χ4n) is 2.26. The molecule has 0 spiro atoms. The molecule has 0 aliphatic rings. The maximum atomic E-state index is 6.20. The molecule has 3 nitrogen and oxygen atoms in total. The molecule has 0 aliphatic carbocycles. The predicted molar refractivity (Wildman–Crippen MR) is 89.9 cm³/mol. The highest BCUT2D eigenvalue weighted by Gasteiger charge is 2.15. The first-order valence-corrected chi connectivity index (χ1v) is 7.92. The molecule has 0 N–H and O–H groups in total. The maximum absolute atomic E-state index is 6.20. The Morgan fingerprint density at radius 3 is 2.81 bits per heavy atom. The van der Waals surface area contributed by atoms with Crippen LogP contribution in [-0.4, -0.2) is 16.7 Å². The third-order valence-electron chi connectivity index (χ3n) is 3.22. The number of halogens is 3. The molecule has 0 saturated heterocycles. The Morgan fingerprint density at radius 2 is 2.10 bits per heavy atom. The Kier molecular flexibility index (Phi) is 4.11. The first kappa shape index (κ1) is 14.7. The van der Waals surface area contributed by atoms with Crippen molar-refractivity contribution < 1.29 is 4.74 Å². The van der Waals surface area contributed by atoms with Gasteiger partial charge in [0.1, 0.15) is 11.6 Å². The number of nitrogens with zero attached hydrogens (tertiary/aromatic N) is 2. The van der Waals surface area contributed by atoms with E-state index in [9.17, 15) is 0 Å². The molecular formula is C15H11BrCl2N2O. The van der Waals surface area contributed by atoms with Gasteiger partial charge in [0.15, 0.2) is 0 Å². The molecule has 1 aromatic heterocycles. The molecule has 0 aliphatic heterocycles. The molecule has 0 fully saturated rings. The van der Waals surface area contributed by atoms with Crippen molar-refractivity contribution in [1.82, 2.24) is 9.55 Å². The molecule has 3 aromatic rings. The van der Waals surface area contributed by atoms with Crippen LogP contribution in [0.2, 0.25) is 5.02 Å². The summed E-state index contributed by atoms with van der Waals surface area (Å²) < 4.78 is 8.09. The van der Waals surface area contributed by atoms with E-state index in [0.29, 0.717) is 10.9 Å². The second kappa shape index (κ2) is 5.87. The Balaban J connectivity index is 2.36. The molecule has 21 heavy (non-hydrogen) atoms. The van der Waals surface area contributed by atoms with Gasteiger partial charge in [-0.15, -0.1) is 11.6 Å². The van der Waals surface area contributed by atoms with Crippen LogP contribution in [0.25, 0.3) is 16.7 Å². The van der Waals surface area contributed by atoms with Crippen molar-refractivity contribution in [3.8, 4) is 11.4 Å². The van der Waals surface area contributed by atoms with Gasteiger partial charge in [-0.25, -0.2) is 4.98 Å². The largest absolute Gasteiger partial charge is 0.497 e. The lowest BCUT2D eigenvalue weighted by atomic mass is 10.2. The number of rotatable bonds is 3. The minimum atomic E-state index is 0.302. The van der Waals surface area contributed by atoms with Crippen LogP contribution < -0.4 is 4.74 Å². The minimum Gasteiger partial charge on any atom is -0.497 e. The van der Waals surface area contributed by atoms with Crippen molar-refractivity contribution in [1.29, 1.82) is 0 Å². The van der Waals surface area contributed by atoms with Crippen LogP contribution >= 0.6 is 39.1 Å². The van der Waals surface area contributed by atoms with Crippen molar-refractivity contribution in [2.45, 2.75) is 5.88 Å². The molecule has 3 rings (SSSR count). The topological polar surface area (TPSA) is 27.1 Å². The summed E-state index contributed by atoms with van der Waals surface area (Å²) in [6.07, 6.45) is 0. The standard InChI is InChI=1S/C15H11BrCl2N2O/c1-21-9-5-6-11-13(7-9)20(14(8-17)19-11)12-4-2-3-10(18)15(12)16/h2-7H,8H2,1H3. The normalized spacial score (nSPS) is 11.0. The van der Waals surface area contributed by atoms with E-state index in [4.69, 9.17) is 27.9 Å². The Hall–Kier alpha value is -1.23. The third kappa shape index (κ3) is 2.52. The Morgan fingerprint density at radius 1 is 1.29 bits per heavy atom. The Labute approximate surface area is 140 Å². The van der Waals surface area contributed by atoms with Gasteiger partial charge in [0.25, 0.3) is 0 Å². The highest BCUT2D eigenvalue weighted by Crippen LogP contribution is 2.33. The summed E-state index contributed by atoms with van der Waals surface area (Å²) in [7, 11) is 1.64. The van der Waals surface area contributed by atoms with Crippen molar-refractivity contribution in [2.24, 2.45) is 0 Å². The van der Waals surface area contributed by atoms with Crippen LogP contribution in [-0.2, 0) is 5.88 Å². The minimum absolute atomic E-state index is 0.302. The second-order valence-corrected chi connectivity index (χ2v) is 5.89. The fourth-order valence-corrected chi connectivity index (χ4v) is 3.05. The SMILES string of the molecule is COc1ccc2nc(CCl)n(-c3cccc(Cl)c3Br)c2c1.